The molecule has 0 atom stereocenters. The number of hydrogen-bond donors (Lipinski definition) is 2. The minimum atomic E-state index is 0. The highest BCUT2D eigenvalue weighted by molar-refractivity contribution is 14.0. The molecule has 27 heavy (non-hydrogen) atoms. The van der Waals surface area contributed by atoms with Gasteiger partial charge in [0.15, 0.2) is 5.96 Å². The molecule has 0 spiro atoms. The summed E-state index contributed by atoms with van der Waals surface area (Å²) in [5.74, 6) is 1.61. The largest absolute Gasteiger partial charge is 0.385 e. The van der Waals surface area contributed by atoms with Crippen LogP contribution in [0.4, 0.5) is 0 Å². The van der Waals surface area contributed by atoms with E-state index in [0.717, 1.165) is 84.3 Å². The van der Waals surface area contributed by atoms with Crippen LogP contribution in [0.1, 0.15) is 51.9 Å². The van der Waals surface area contributed by atoms with Crippen LogP contribution >= 0.6 is 24.0 Å². The van der Waals surface area contributed by atoms with E-state index >= 15 is 0 Å². The van der Waals surface area contributed by atoms with Gasteiger partial charge in [-0.25, -0.2) is 0 Å². The van der Waals surface area contributed by atoms with Gasteiger partial charge in [-0.3, -0.25) is 4.99 Å². The van der Waals surface area contributed by atoms with Crippen molar-refractivity contribution in [2.24, 2.45) is 16.3 Å². The van der Waals surface area contributed by atoms with Gasteiger partial charge in [-0.15, -0.1) is 24.0 Å². The van der Waals surface area contributed by atoms with Crippen LogP contribution in [0.5, 0.6) is 0 Å². The van der Waals surface area contributed by atoms with E-state index in [1.165, 1.54) is 19.3 Å². The van der Waals surface area contributed by atoms with E-state index in [2.05, 4.69) is 17.6 Å². The van der Waals surface area contributed by atoms with Gasteiger partial charge in [0.25, 0.3) is 0 Å². The lowest BCUT2D eigenvalue weighted by molar-refractivity contribution is 0.0203. The van der Waals surface area contributed by atoms with Crippen LogP contribution in [0.25, 0.3) is 0 Å². The number of halogens is 1. The average Bonchev–Trinajstić information content (AvgIpc) is 2.64. The van der Waals surface area contributed by atoms with Crippen LogP contribution in [0.2, 0.25) is 0 Å². The lowest BCUT2D eigenvalue weighted by Crippen LogP contribution is -2.40. The number of nitrogens with one attached hydrogen (secondary N) is 2. The van der Waals surface area contributed by atoms with Crippen LogP contribution in [0.15, 0.2) is 4.99 Å². The molecular formula is C20H40IN3O3. The first-order valence-corrected chi connectivity index (χ1v) is 10.4. The molecule has 0 bridgehead atoms. The Morgan fingerprint density at radius 1 is 1.19 bits per heavy atom. The standard InChI is InChI=1S/C20H39N3O3.HI/c1-3-21-19(23-17-20(8-4-9-20)10-15-24-2)22-11-5-12-26-16-18-6-13-25-14-7-18;/h18H,3-17H2,1-2H3,(H2,21,22,23);1H. The van der Waals surface area contributed by atoms with Gasteiger partial charge in [0.05, 0.1) is 0 Å². The second-order valence-corrected chi connectivity index (χ2v) is 7.70. The molecule has 1 saturated carbocycles. The summed E-state index contributed by atoms with van der Waals surface area (Å²) >= 11 is 0. The molecule has 0 amide bonds. The third-order valence-electron chi connectivity index (χ3n) is 5.62. The van der Waals surface area contributed by atoms with Crippen LogP contribution in [0.3, 0.4) is 0 Å². The predicted octanol–water partition coefficient (Wildman–Crippen LogP) is 3.20. The average molecular weight is 497 g/mol. The highest BCUT2D eigenvalue weighted by atomic mass is 127. The van der Waals surface area contributed by atoms with Crippen molar-refractivity contribution >= 4 is 29.9 Å². The van der Waals surface area contributed by atoms with Crippen LogP contribution in [-0.2, 0) is 14.2 Å². The summed E-state index contributed by atoms with van der Waals surface area (Å²) in [6, 6.07) is 0. The van der Waals surface area contributed by atoms with Gasteiger partial charge in [-0.2, -0.15) is 0 Å². The zero-order valence-electron chi connectivity index (χ0n) is 17.3. The molecule has 2 aliphatic rings. The molecule has 1 saturated heterocycles. The first-order valence-electron chi connectivity index (χ1n) is 10.4. The molecular weight excluding hydrogens is 457 g/mol. The molecule has 0 aromatic rings. The van der Waals surface area contributed by atoms with Gasteiger partial charge in [0.2, 0.25) is 0 Å². The Hall–Kier alpha value is -0.120. The summed E-state index contributed by atoms with van der Waals surface area (Å²) < 4.78 is 16.5. The topological polar surface area (TPSA) is 64.1 Å². The third-order valence-corrected chi connectivity index (χ3v) is 5.62. The number of nitrogens with zero attached hydrogens (tertiary/aromatic N) is 1. The van der Waals surface area contributed by atoms with Gasteiger partial charge in [-0.05, 0) is 56.8 Å². The fourth-order valence-corrected chi connectivity index (χ4v) is 3.62. The van der Waals surface area contributed by atoms with E-state index < -0.39 is 0 Å². The van der Waals surface area contributed by atoms with Crippen molar-refractivity contribution in [3.05, 3.63) is 0 Å². The SMILES string of the molecule is CCNC(=NCC1(CCOC)CCC1)NCCCOCC1CCOCC1.I. The van der Waals surface area contributed by atoms with Crippen LogP contribution in [0, 0.1) is 11.3 Å². The monoisotopic (exact) mass is 497 g/mol. The molecule has 1 aliphatic heterocycles. The van der Waals surface area contributed by atoms with E-state index in [0.29, 0.717) is 11.3 Å². The maximum Gasteiger partial charge on any atom is 0.191 e. The predicted molar refractivity (Wildman–Crippen MR) is 121 cm³/mol. The molecule has 0 radical (unpaired) electrons. The van der Waals surface area contributed by atoms with Crippen molar-refractivity contribution in [2.75, 3.05) is 59.8 Å². The minimum Gasteiger partial charge on any atom is -0.385 e. The molecule has 0 aromatic carbocycles. The van der Waals surface area contributed by atoms with Gasteiger partial charge < -0.3 is 24.8 Å². The van der Waals surface area contributed by atoms with E-state index in [1.54, 1.807) is 7.11 Å². The number of ether oxygens (including phenoxy) is 3. The molecule has 7 heteroatoms. The summed E-state index contributed by atoms with van der Waals surface area (Å²) in [6.45, 7) is 9.09. The Bertz CT molecular complexity index is 400. The molecule has 2 rings (SSSR count). The lowest BCUT2D eigenvalue weighted by atomic mass is 9.67. The summed E-state index contributed by atoms with van der Waals surface area (Å²) in [6.07, 6.45) is 8.28. The fraction of sp³-hybridized carbons (Fsp3) is 0.950. The normalized spacial score (nSPS) is 19.9. The van der Waals surface area contributed by atoms with Crippen molar-refractivity contribution in [1.82, 2.24) is 10.6 Å². The van der Waals surface area contributed by atoms with E-state index in [1.807, 2.05) is 0 Å². The van der Waals surface area contributed by atoms with Crippen molar-refractivity contribution in [3.8, 4) is 0 Å². The smallest absolute Gasteiger partial charge is 0.191 e. The second kappa shape index (κ2) is 14.8. The molecule has 2 N–H and O–H groups in total. The minimum absolute atomic E-state index is 0. The Kier molecular flexibility index (Phi) is 13.7. The van der Waals surface area contributed by atoms with E-state index in [9.17, 15) is 0 Å². The number of rotatable bonds is 12. The van der Waals surface area contributed by atoms with Gasteiger partial charge in [0, 0.05) is 59.8 Å². The summed E-state index contributed by atoms with van der Waals surface area (Å²) in [5.41, 5.74) is 0.366. The summed E-state index contributed by atoms with van der Waals surface area (Å²) in [7, 11) is 1.78. The third kappa shape index (κ3) is 9.76. The van der Waals surface area contributed by atoms with Crippen molar-refractivity contribution in [2.45, 2.75) is 51.9 Å². The fourth-order valence-electron chi connectivity index (χ4n) is 3.62. The van der Waals surface area contributed by atoms with Gasteiger partial charge in [-0.1, -0.05) is 6.42 Å². The van der Waals surface area contributed by atoms with Gasteiger partial charge in [0.1, 0.15) is 0 Å². The highest BCUT2D eigenvalue weighted by Crippen LogP contribution is 2.44. The van der Waals surface area contributed by atoms with Crippen molar-refractivity contribution in [1.29, 1.82) is 0 Å². The molecule has 6 nitrogen and oxygen atoms in total. The van der Waals surface area contributed by atoms with E-state index in [-0.39, 0.29) is 24.0 Å². The molecule has 2 fully saturated rings. The quantitative estimate of drug-likeness (QED) is 0.188. The molecule has 160 valence electrons. The van der Waals surface area contributed by atoms with Crippen molar-refractivity contribution < 1.29 is 14.2 Å². The number of aliphatic imine (C=N–C) groups is 1. The van der Waals surface area contributed by atoms with E-state index in [4.69, 9.17) is 19.2 Å². The molecule has 1 heterocycles. The lowest BCUT2D eigenvalue weighted by Gasteiger charge is -2.40. The highest BCUT2D eigenvalue weighted by Gasteiger charge is 2.36. The molecule has 0 aromatic heterocycles. The zero-order valence-corrected chi connectivity index (χ0v) is 19.6. The number of methoxy groups -OCH3 is 1. The Balaban J connectivity index is 0.00000364. The molecule has 1 aliphatic carbocycles. The summed E-state index contributed by atoms with van der Waals surface area (Å²) in [4.78, 5) is 4.84. The van der Waals surface area contributed by atoms with Crippen LogP contribution in [-0.4, -0.2) is 65.7 Å². The number of guanidine groups is 1. The maximum atomic E-state index is 5.83. The summed E-state index contributed by atoms with van der Waals surface area (Å²) in [5, 5.41) is 6.80. The Morgan fingerprint density at radius 2 is 1.96 bits per heavy atom. The first kappa shape index (κ1) is 24.9. The Labute approximate surface area is 182 Å². The maximum absolute atomic E-state index is 5.83. The number of hydrogen-bond acceptors (Lipinski definition) is 4. The van der Waals surface area contributed by atoms with Gasteiger partial charge >= 0.3 is 0 Å². The Morgan fingerprint density at radius 3 is 2.59 bits per heavy atom. The first-order chi connectivity index (χ1) is 12.8. The zero-order chi connectivity index (χ0) is 18.5. The van der Waals surface area contributed by atoms with Crippen LogP contribution < -0.4 is 10.6 Å². The second-order valence-electron chi connectivity index (χ2n) is 7.70. The van der Waals surface area contributed by atoms with Crippen molar-refractivity contribution in [3.63, 3.8) is 0 Å². The molecule has 0 unspecified atom stereocenters.